The molecule has 0 saturated carbocycles. The van der Waals surface area contributed by atoms with E-state index in [1.54, 1.807) is 24.3 Å². The van der Waals surface area contributed by atoms with Crippen LogP contribution in [-0.2, 0) is 9.53 Å². The summed E-state index contributed by atoms with van der Waals surface area (Å²) in [6.07, 6.45) is 0. The smallest absolute Gasteiger partial charge is 0.340 e. The Labute approximate surface area is 162 Å². The summed E-state index contributed by atoms with van der Waals surface area (Å²) in [5.41, 5.74) is 2.11. The number of carbonyl (C=O) groups excluding carboxylic acids is 2. The molecule has 3 aromatic carbocycles. The summed E-state index contributed by atoms with van der Waals surface area (Å²) in [6, 6.07) is 25.4. The third-order valence-corrected chi connectivity index (χ3v) is 4.33. The maximum absolute atomic E-state index is 12.4. The van der Waals surface area contributed by atoms with Crippen LogP contribution < -0.4 is 5.32 Å². The van der Waals surface area contributed by atoms with Crippen molar-refractivity contribution in [1.82, 2.24) is 5.32 Å². The lowest BCUT2D eigenvalue weighted by Crippen LogP contribution is -2.33. The maximum Gasteiger partial charge on any atom is 0.340 e. The minimum Gasteiger partial charge on any atom is -0.452 e. The highest BCUT2D eigenvalue weighted by Crippen LogP contribution is 2.21. The van der Waals surface area contributed by atoms with Gasteiger partial charge in [0.2, 0.25) is 0 Å². The van der Waals surface area contributed by atoms with Gasteiger partial charge in [-0.25, -0.2) is 4.79 Å². The Kier molecular flexibility index (Phi) is 6.23. The lowest BCUT2D eigenvalue weighted by molar-refractivity contribution is -0.124. The second-order valence-corrected chi connectivity index (χ2v) is 6.29. The Morgan fingerprint density at radius 3 is 1.89 bits per heavy atom. The van der Waals surface area contributed by atoms with Gasteiger partial charge in [-0.15, -0.1) is 0 Å². The Balaban J connectivity index is 1.68. The molecule has 0 aromatic heterocycles. The molecular weight excluding hydrogens is 362 g/mol. The van der Waals surface area contributed by atoms with Crippen molar-refractivity contribution in [3.8, 4) is 0 Å². The average molecular weight is 380 g/mol. The predicted molar refractivity (Wildman–Crippen MR) is 105 cm³/mol. The van der Waals surface area contributed by atoms with Gasteiger partial charge >= 0.3 is 5.97 Å². The van der Waals surface area contributed by atoms with Gasteiger partial charge in [-0.3, -0.25) is 4.79 Å². The van der Waals surface area contributed by atoms with E-state index in [9.17, 15) is 9.59 Å². The molecule has 1 amide bonds. The molecule has 3 rings (SSSR count). The molecule has 0 aliphatic carbocycles. The van der Waals surface area contributed by atoms with Gasteiger partial charge in [-0.2, -0.15) is 0 Å². The maximum atomic E-state index is 12.4. The molecule has 1 N–H and O–H groups in total. The van der Waals surface area contributed by atoms with Crippen LogP contribution in [0.3, 0.4) is 0 Å². The number of ether oxygens (including phenoxy) is 1. The van der Waals surface area contributed by atoms with Crippen LogP contribution in [0.2, 0.25) is 5.02 Å². The summed E-state index contributed by atoms with van der Waals surface area (Å²) in [4.78, 5) is 24.5. The van der Waals surface area contributed by atoms with Gasteiger partial charge in [0.15, 0.2) is 6.61 Å². The van der Waals surface area contributed by atoms with Crippen LogP contribution in [0.4, 0.5) is 0 Å². The molecule has 0 unspecified atom stereocenters. The van der Waals surface area contributed by atoms with Gasteiger partial charge in [-0.05, 0) is 23.3 Å². The van der Waals surface area contributed by atoms with Crippen LogP contribution >= 0.6 is 11.6 Å². The number of hydrogen-bond donors (Lipinski definition) is 1. The summed E-state index contributed by atoms with van der Waals surface area (Å²) >= 11 is 5.98. The molecule has 4 nitrogen and oxygen atoms in total. The van der Waals surface area contributed by atoms with E-state index in [0.29, 0.717) is 0 Å². The number of carbonyl (C=O) groups is 2. The minimum absolute atomic E-state index is 0.231. The van der Waals surface area contributed by atoms with Crippen molar-refractivity contribution in [2.24, 2.45) is 0 Å². The molecule has 0 atom stereocenters. The average Bonchev–Trinajstić information content (AvgIpc) is 2.72. The van der Waals surface area contributed by atoms with Gasteiger partial charge in [0.25, 0.3) is 5.91 Å². The van der Waals surface area contributed by atoms with Crippen molar-refractivity contribution in [3.63, 3.8) is 0 Å². The molecule has 0 aliphatic heterocycles. The van der Waals surface area contributed by atoms with Crippen LogP contribution in [0.5, 0.6) is 0 Å². The molecule has 0 bridgehead atoms. The van der Waals surface area contributed by atoms with Crippen molar-refractivity contribution >= 4 is 23.5 Å². The summed E-state index contributed by atoms with van der Waals surface area (Å²) in [6.45, 7) is -0.389. The molecule has 27 heavy (non-hydrogen) atoms. The molecular formula is C22H18ClNO3. The van der Waals surface area contributed by atoms with Crippen LogP contribution in [0.1, 0.15) is 27.5 Å². The first kappa shape index (κ1) is 18.7. The normalized spacial score (nSPS) is 10.4. The molecule has 0 spiro atoms. The fraction of sp³-hybridized carbons (Fsp3) is 0.0909. The Morgan fingerprint density at radius 2 is 1.33 bits per heavy atom. The number of halogens is 1. The van der Waals surface area contributed by atoms with E-state index >= 15 is 0 Å². The zero-order valence-electron chi connectivity index (χ0n) is 14.5. The molecule has 0 aliphatic rings. The number of benzene rings is 3. The lowest BCUT2D eigenvalue weighted by Gasteiger charge is -2.20. The number of rotatable bonds is 6. The first-order valence-corrected chi connectivity index (χ1v) is 8.84. The number of nitrogens with one attached hydrogen (secondary N) is 1. The second kappa shape index (κ2) is 9.01. The lowest BCUT2D eigenvalue weighted by atomic mass is 9.99. The van der Waals surface area contributed by atoms with Crippen molar-refractivity contribution in [2.75, 3.05) is 6.61 Å². The van der Waals surface area contributed by atoms with Gasteiger partial charge in [0.05, 0.1) is 16.6 Å². The molecule has 5 heteroatoms. The van der Waals surface area contributed by atoms with Crippen molar-refractivity contribution in [3.05, 3.63) is 107 Å². The Morgan fingerprint density at radius 1 is 0.815 bits per heavy atom. The summed E-state index contributed by atoms with van der Waals surface area (Å²) < 4.78 is 5.11. The van der Waals surface area contributed by atoms with Crippen molar-refractivity contribution < 1.29 is 14.3 Å². The molecule has 0 heterocycles. The number of amides is 1. The summed E-state index contributed by atoms with van der Waals surface area (Å²) in [7, 11) is 0. The number of esters is 1. The van der Waals surface area contributed by atoms with Gasteiger partial charge in [0, 0.05) is 0 Å². The van der Waals surface area contributed by atoms with E-state index in [1.165, 1.54) is 0 Å². The van der Waals surface area contributed by atoms with E-state index in [4.69, 9.17) is 16.3 Å². The van der Waals surface area contributed by atoms with Gasteiger partial charge in [-0.1, -0.05) is 84.4 Å². The van der Waals surface area contributed by atoms with E-state index in [0.717, 1.165) is 11.1 Å². The van der Waals surface area contributed by atoms with Crippen molar-refractivity contribution in [1.29, 1.82) is 0 Å². The monoisotopic (exact) mass is 379 g/mol. The molecule has 136 valence electrons. The largest absolute Gasteiger partial charge is 0.452 e. The fourth-order valence-corrected chi connectivity index (χ4v) is 2.90. The topological polar surface area (TPSA) is 55.4 Å². The quantitative estimate of drug-likeness (QED) is 0.646. The van der Waals surface area contributed by atoms with Crippen LogP contribution in [0.15, 0.2) is 84.9 Å². The second-order valence-electron chi connectivity index (χ2n) is 5.88. The van der Waals surface area contributed by atoms with E-state index in [-0.39, 0.29) is 23.2 Å². The molecule has 0 saturated heterocycles. The predicted octanol–water partition coefficient (Wildman–Crippen LogP) is 4.40. The van der Waals surface area contributed by atoms with Crippen LogP contribution in [0, 0.1) is 0 Å². The Hall–Kier alpha value is -3.11. The first-order valence-electron chi connectivity index (χ1n) is 8.46. The first-order chi connectivity index (χ1) is 13.1. The highest BCUT2D eigenvalue weighted by molar-refractivity contribution is 6.33. The third kappa shape index (κ3) is 4.96. The van der Waals surface area contributed by atoms with E-state index in [2.05, 4.69) is 5.32 Å². The number of hydrogen-bond acceptors (Lipinski definition) is 3. The van der Waals surface area contributed by atoms with Crippen LogP contribution in [-0.4, -0.2) is 18.5 Å². The summed E-state index contributed by atoms with van der Waals surface area (Å²) in [5, 5.41) is 3.21. The standard InChI is InChI=1S/C22H18ClNO3/c23-19-14-8-7-13-18(19)22(26)27-15-20(25)24-21(16-9-3-1-4-10-16)17-11-5-2-6-12-17/h1-14,21H,15H2,(H,24,25). The van der Waals surface area contributed by atoms with Crippen molar-refractivity contribution in [2.45, 2.75) is 6.04 Å². The van der Waals surface area contributed by atoms with Gasteiger partial charge in [0.1, 0.15) is 0 Å². The SMILES string of the molecule is O=C(COC(=O)c1ccccc1Cl)NC(c1ccccc1)c1ccccc1. The molecule has 0 radical (unpaired) electrons. The molecule has 3 aromatic rings. The van der Waals surface area contributed by atoms with Crippen LogP contribution in [0.25, 0.3) is 0 Å². The molecule has 0 fully saturated rings. The third-order valence-electron chi connectivity index (χ3n) is 4.00. The van der Waals surface area contributed by atoms with Gasteiger partial charge < -0.3 is 10.1 Å². The highest BCUT2D eigenvalue weighted by atomic mass is 35.5. The van der Waals surface area contributed by atoms with E-state index in [1.807, 2.05) is 60.7 Å². The van der Waals surface area contributed by atoms with E-state index < -0.39 is 11.9 Å². The zero-order valence-corrected chi connectivity index (χ0v) is 15.2. The minimum atomic E-state index is -0.633. The zero-order chi connectivity index (χ0) is 19.1. The Bertz CT molecular complexity index is 874. The fourth-order valence-electron chi connectivity index (χ4n) is 2.69. The summed E-state index contributed by atoms with van der Waals surface area (Å²) in [5.74, 6) is -1.03. The highest BCUT2D eigenvalue weighted by Gasteiger charge is 2.18.